The minimum absolute atomic E-state index is 0.109. The summed E-state index contributed by atoms with van der Waals surface area (Å²) in [4.78, 5) is 13.9. The quantitative estimate of drug-likeness (QED) is 0.311. The Morgan fingerprint density at radius 3 is 2.11 bits per heavy atom. The van der Waals surface area contributed by atoms with Gasteiger partial charge in [-0.05, 0) is 13.8 Å². The van der Waals surface area contributed by atoms with Crippen LogP contribution < -0.4 is 5.73 Å². The first-order valence-corrected chi connectivity index (χ1v) is 5.71. The zero-order valence-corrected chi connectivity index (χ0v) is 11.2. The van der Waals surface area contributed by atoms with Crippen molar-refractivity contribution in [3.05, 3.63) is 0 Å². The standard InChI is InChI=1S/C11H21N3O4/c1-11(2,9(12)13-16)10(15)14-5-7(17-3)8(6-14)18-4/h7-8,16H,5-6H2,1-4H3,(H2,12,13). The fraction of sp³-hybridized carbons (Fsp3) is 0.818. The van der Waals surface area contributed by atoms with E-state index in [9.17, 15) is 4.79 Å². The van der Waals surface area contributed by atoms with Crippen LogP contribution in [-0.2, 0) is 14.3 Å². The number of carbonyl (C=O) groups is 1. The number of amides is 1. The lowest BCUT2D eigenvalue weighted by Crippen LogP contribution is -2.47. The van der Waals surface area contributed by atoms with Crippen molar-refractivity contribution in [1.82, 2.24) is 4.90 Å². The summed E-state index contributed by atoms with van der Waals surface area (Å²) in [5.74, 6) is -0.318. The molecule has 2 unspecified atom stereocenters. The molecule has 1 amide bonds. The van der Waals surface area contributed by atoms with E-state index in [0.29, 0.717) is 13.1 Å². The number of oxime groups is 1. The molecule has 0 saturated carbocycles. The molecule has 1 aliphatic rings. The van der Waals surface area contributed by atoms with Crippen LogP contribution in [0.2, 0.25) is 0 Å². The molecule has 0 aliphatic carbocycles. The molecule has 7 heteroatoms. The molecule has 0 bridgehead atoms. The first-order chi connectivity index (χ1) is 8.38. The highest BCUT2D eigenvalue weighted by atomic mass is 16.5. The number of ether oxygens (including phenoxy) is 2. The number of nitrogens with two attached hydrogens (primary N) is 1. The van der Waals surface area contributed by atoms with E-state index >= 15 is 0 Å². The van der Waals surface area contributed by atoms with E-state index in [1.807, 2.05) is 0 Å². The number of carbonyl (C=O) groups excluding carboxylic acids is 1. The summed E-state index contributed by atoms with van der Waals surface area (Å²) in [7, 11) is 3.17. The Morgan fingerprint density at radius 2 is 1.78 bits per heavy atom. The number of likely N-dealkylation sites (tertiary alicyclic amines) is 1. The highest BCUT2D eigenvalue weighted by Crippen LogP contribution is 2.24. The minimum atomic E-state index is -1.05. The molecular formula is C11H21N3O4. The summed E-state index contributed by atoms with van der Waals surface area (Å²) in [5.41, 5.74) is 4.50. The van der Waals surface area contributed by atoms with Gasteiger partial charge >= 0.3 is 0 Å². The average Bonchev–Trinajstić information content (AvgIpc) is 2.79. The zero-order valence-electron chi connectivity index (χ0n) is 11.2. The van der Waals surface area contributed by atoms with E-state index in [4.69, 9.17) is 20.4 Å². The third-order valence-electron chi connectivity index (χ3n) is 3.39. The SMILES string of the molecule is COC1CN(C(=O)C(C)(C)C(N)=NO)CC1OC. The van der Waals surface area contributed by atoms with E-state index < -0.39 is 5.41 Å². The summed E-state index contributed by atoms with van der Waals surface area (Å²) in [5, 5.41) is 11.6. The molecule has 0 spiro atoms. The number of amidine groups is 1. The van der Waals surface area contributed by atoms with Crippen molar-refractivity contribution in [3.63, 3.8) is 0 Å². The van der Waals surface area contributed by atoms with E-state index in [1.165, 1.54) is 0 Å². The summed E-state index contributed by atoms with van der Waals surface area (Å²) < 4.78 is 10.5. The number of nitrogens with zero attached hydrogens (tertiary/aromatic N) is 2. The molecule has 0 radical (unpaired) electrons. The van der Waals surface area contributed by atoms with E-state index in [-0.39, 0.29) is 24.0 Å². The van der Waals surface area contributed by atoms with E-state index in [2.05, 4.69) is 5.16 Å². The molecule has 2 atom stereocenters. The Kier molecular flexibility index (Phi) is 4.53. The Balaban J connectivity index is 2.81. The van der Waals surface area contributed by atoms with Gasteiger partial charge in [0.15, 0.2) is 5.84 Å². The molecule has 1 aliphatic heterocycles. The summed E-state index contributed by atoms with van der Waals surface area (Å²) >= 11 is 0. The predicted molar refractivity (Wildman–Crippen MR) is 65.4 cm³/mol. The normalized spacial score (nSPS) is 25.6. The smallest absolute Gasteiger partial charge is 0.236 e. The molecule has 18 heavy (non-hydrogen) atoms. The van der Waals surface area contributed by atoms with Gasteiger partial charge in [0.25, 0.3) is 0 Å². The molecule has 0 aromatic rings. The van der Waals surface area contributed by atoms with Crippen molar-refractivity contribution in [2.24, 2.45) is 16.3 Å². The predicted octanol–water partition coefficient (Wildman–Crippen LogP) is -0.369. The van der Waals surface area contributed by atoms with Gasteiger partial charge in [0.05, 0.1) is 0 Å². The van der Waals surface area contributed by atoms with Gasteiger partial charge in [0, 0.05) is 27.3 Å². The molecule has 1 saturated heterocycles. The van der Waals surface area contributed by atoms with Gasteiger partial charge in [0.2, 0.25) is 5.91 Å². The monoisotopic (exact) mass is 259 g/mol. The molecule has 1 rings (SSSR count). The second-order valence-corrected chi connectivity index (χ2v) is 4.87. The second kappa shape index (κ2) is 5.53. The molecule has 7 nitrogen and oxygen atoms in total. The summed E-state index contributed by atoms with van der Waals surface area (Å²) in [6, 6.07) is 0. The maximum Gasteiger partial charge on any atom is 0.236 e. The summed E-state index contributed by atoms with van der Waals surface area (Å²) in [6.07, 6.45) is -0.302. The van der Waals surface area contributed by atoms with Crippen LogP contribution in [0.15, 0.2) is 5.16 Å². The third-order valence-corrected chi connectivity index (χ3v) is 3.39. The lowest BCUT2D eigenvalue weighted by atomic mass is 9.90. The van der Waals surface area contributed by atoms with Crippen LogP contribution in [-0.4, -0.2) is 61.4 Å². The maximum absolute atomic E-state index is 12.3. The van der Waals surface area contributed by atoms with Gasteiger partial charge in [-0.2, -0.15) is 0 Å². The van der Waals surface area contributed by atoms with Crippen molar-refractivity contribution >= 4 is 11.7 Å². The van der Waals surface area contributed by atoms with E-state index in [0.717, 1.165) is 0 Å². The van der Waals surface area contributed by atoms with Gasteiger partial charge in [0.1, 0.15) is 17.6 Å². The second-order valence-electron chi connectivity index (χ2n) is 4.87. The van der Waals surface area contributed by atoms with Gasteiger partial charge in [-0.1, -0.05) is 5.16 Å². The number of methoxy groups -OCH3 is 2. The van der Waals surface area contributed by atoms with Crippen LogP contribution in [0.5, 0.6) is 0 Å². The Bertz CT molecular complexity index is 331. The van der Waals surface area contributed by atoms with Crippen LogP contribution in [0.4, 0.5) is 0 Å². The molecule has 104 valence electrons. The Morgan fingerprint density at radius 1 is 1.33 bits per heavy atom. The molecule has 0 aromatic heterocycles. The molecule has 3 N–H and O–H groups in total. The van der Waals surface area contributed by atoms with Crippen molar-refractivity contribution in [1.29, 1.82) is 0 Å². The van der Waals surface area contributed by atoms with Gasteiger partial charge in [-0.3, -0.25) is 4.79 Å². The molecule has 1 fully saturated rings. The Labute approximate surface area is 107 Å². The third kappa shape index (κ3) is 2.56. The van der Waals surface area contributed by atoms with Crippen LogP contribution in [0, 0.1) is 5.41 Å². The summed E-state index contributed by atoms with van der Waals surface area (Å²) in [6.45, 7) is 4.12. The van der Waals surface area contributed by atoms with E-state index in [1.54, 1.807) is 33.0 Å². The topological polar surface area (TPSA) is 97.4 Å². The maximum atomic E-state index is 12.3. The lowest BCUT2D eigenvalue weighted by Gasteiger charge is -2.27. The van der Waals surface area contributed by atoms with Crippen LogP contribution in [0.25, 0.3) is 0 Å². The largest absolute Gasteiger partial charge is 0.409 e. The molecule has 0 aromatic carbocycles. The van der Waals surface area contributed by atoms with Crippen LogP contribution in [0.1, 0.15) is 13.8 Å². The van der Waals surface area contributed by atoms with Crippen molar-refractivity contribution < 1.29 is 19.5 Å². The van der Waals surface area contributed by atoms with Crippen molar-refractivity contribution in [3.8, 4) is 0 Å². The first-order valence-electron chi connectivity index (χ1n) is 5.71. The minimum Gasteiger partial charge on any atom is -0.409 e. The van der Waals surface area contributed by atoms with Gasteiger partial charge in [-0.15, -0.1) is 0 Å². The van der Waals surface area contributed by atoms with Gasteiger partial charge in [-0.25, -0.2) is 0 Å². The zero-order chi connectivity index (χ0) is 13.9. The number of hydrogen-bond acceptors (Lipinski definition) is 5. The van der Waals surface area contributed by atoms with Crippen LogP contribution >= 0.6 is 0 Å². The fourth-order valence-electron chi connectivity index (χ4n) is 1.99. The fourth-order valence-corrected chi connectivity index (χ4v) is 1.99. The average molecular weight is 259 g/mol. The number of hydrogen-bond donors (Lipinski definition) is 2. The van der Waals surface area contributed by atoms with Crippen LogP contribution in [0.3, 0.4) is 0 Å². The Hall–Kier alpha value is -1.34. The molecular weight excluding hydrogens is 238 g/mol. The number of rotatable bonds is 4. The highest BCUT2D eigenvalue weighted by Gasteiger charge is 2.42. The van der Waals surface area contributed by atoms with Gasteiger partial charge < -0.3 is 25.3 Å². The first kappa shape index (κ1) is 14.7. The molecule has 1 heterocycles. The van der Waals surface area contributed by atoms with Crippen molar-refractivity contribution in [2.75, 3.05) is 27.3 Å². The van der Waals surface area contributed by atoms with Crippen molar-refractivity contribution in [2.45, 2.75) is 26.1 Å². The highest BCUT2D eigenvalue weighted by molar-refractivity contribution is 6.06. The lowest BCUT2D eigenvalue weighted by molar-refractivity contribution is -0.136.